The van der Waals surface area contributed by atoms with Gasteiger partial charge in [-0.05, 0) is 24.6 Å². The average Bonchev–Trinajstić information content (AvgIpc) is 2.26. The summed E-state index contributed by atoms with van der Waals surface area (Å²) >= 11 is 0. The lowest BCUT2D eigenvalue weighted by atomic mass is 10.2. The molecule has 0 spiro atoms. The van der Waals surface area contributed by atoms with Crippen molar-refractivity contribution in [3.63, 3.8) is 0 Å². The fraction of sp³-hybridized carbons (Fsp3) is 0.400. The molecule has 0 amide bonds. The summed E-state index contributed by atoms with van der Waals surface area (Å²) in [7, 11) is -4.33. The van der Waals surface area contributed by atoms with Crippen molar-refractivity contribution in [2.75, 3.05) is 14.1 Å². The Hall–Kier alpha value is -0.960. The Bertz CT molecular complexity index is 618. The largest absolute Gasteiger partial charge is 0.242 e. The predicted octanol–water partition coefficient (Wildman–Crippen LogP) is 0.286. The van der Waals surface area contributed by atoms with Crippen molar-refractivity contribution >= 4 is 20.0 Å². The first-order valence-electron chi connectivity index (χ1n) is 5.11. The number of sulfonamides is 2. The smallest absolute Gasteiger partial charge is 0.228 e. The Labute approximate surface area is 108 Å². The summed E-state index contributed by atoms with van der Waals surface area (Å²) in [6, 6.07) is 5.63. The van der Waals surface area contributed by atoms with E-state index in [-0.39, 0.29) is 4.90 Å². The minimum Gasteiger partial charge on any atom is -0.228 e. The lowest BCUT2D eigenvalue weighted by molar-refractivity contribution is 0.520. The number of nitrogens with zero attached hydrogens (tertiary/aromatic N) is 1. The fourth-order valence-electron chi connectivity index (χ4n) is 1.31. The van der Waals surface area contributed by atoms with E-state index in [1.54, 1.807) is 0 Å². The van der Waals surface area contributed by atoms with Gasteiger partial charge < -0.3 is 0 Å². The van der Waals surface area contributed by atoms with Gasteiger partial charge in [-0.1, -0.05) is 12.1 Å². The molecule has 1 unspecified atom stereocenters. The third kappa shape index (κ3) is 3.08. The highest BCUT2D eigenvalue weighted by atomic mass is 32.2. The minimum absolute atomic E-state index is 0.109. The van der Waals surface area contributed by atoms with Gasteiger partial charge in [0.25, 0.3) is 0 Å². The lowest BCUT2D eigenvalue weighted by Crippen LogP contribution is -2.22. The Morgan fingerprint density at radius 1 is 1.06 bits per heavy atom. The van der Waals surface area contributed by atoms with E-state index in [4.69, 9.17) is 5.14 Å². The van der Waals surface area contributed by atoms with Crippen LogP contribution in [0, 0.1) is 0 Å². The number of hydrogen-bond acceptors (Lipinski definition) is 4. The summed E-state index contributed by atoms with van der Waals surface area (Å²) in [6.45, 7) is 1.45. The third-order valence-electron chi connectivity index (χ3n) is 2.62. The topological polar surface area (TPSA) is 97.5 Å². The highest BCUT2D eigenvalue weighted by Gasteiger charge is 2.20. The second-order valence-electron chi connectivity index (χ2n) is 4.09. The van der Waals surface area contributed by atoms with E-state index < -0.39 is 25.3 Å². The normalized spacial score (nSPS) is 14.7. The first kappa shape index (κ1) is 15.1. The second kappa shape index (κ2) is 4.96. The second-order valence-corrected chi connectivity index (χ2v) is 8.12. The van der Waals surface area contributed by atoms with E-state index in [9.17, 15) is 16.8 Å². The van der Waals surface area contributed by atoms with Crippen LogP contribution in [-0.2, 0) is 20.0 Å². The summed E-state index contributed by atoms with van der Waals surface area (Å²) in [5.74, 6) is 0. The van der Waals surface area contributed by atoms with E-state index in [1.165, 1.54) is 45.3 Å². The molecule has 18 heavy (non-hydrogen) atoms. The van der Waals surface area contributed by atoms with Crippen LogP contribution >= 0.6 is 0 Å². The van der Waals surface area contributed by atoms with E-state index in [0.29, 0.717) is 5.56 Å². The van der Waals surface area contributed by atoms with Crippen molar-refractivity contribution in [2.24, 2.45) is 5.14 Å². The Balaban J connectivity index is 3.16. The summed E-state index contributed by atoms with van der Waals surface area (Å²) in [5.41, 5.74) is 0.454. The zero-order chi connectivity index (χ0) is 14.1. The van der Waals surface area contributed by atoms with Gasteiger partial charge in [0.2, 0.25) is 20.0 Å². The first-order chi connectivity index (χ1) is 8.06. The Morgan fingerprint density at radius 3 is 1.83 bits per heavy atom. The van der Waals surface area contributed by atoms with Crippen LogP contribution in [0.25, 0.3) is 0 Å². The number of benzene rings is 1. The number of primary sulfonamides is 1. The molecular weight excluding hydrogens is 276 g/mol. The molecule has 102 valence electrons. The molecule has 1 aromatic rings. The van der Waals surface area contributed by atoms with Crippen molar-refractivity contribution in [2.45, 2.75) is 17.1 Å². The van der Waals surface area contributed by atoms with Crippen molar-refractivity contribution in [3.05, 3.63) is 29.8 Å². The average molecular weight is 292 g/mol. The molecule has 0 fully saturated rings. The maximum Gasteiger partial charge on any atom is 0.242 e. The molecular formula is C10H16N2O4S2. The molecule has 0 aliphatic rings. The molecule has 0 aliphatic carbocycles. The standard InChI is InChI=1S/C10H16N2O4S2/c1-8(17(11,13)14)9-4-6-10(7-5-9)18(15,16)12(2)3/h4-8H,1-3H3,(H2,11,13,14). The van der Waals surface area contributed by atoms with E-state index >= 15 is 0 Å². The van der Waals surface area contributed by atoms with E-state index in [2.05, 4.69) is 0 Å². The zero-order valence-corrected chi connectivity index (χ0v) is 12.0. The Kier molecular flexibility index (Phi) is 4.16. The molecule has 1 rings (SSSR count). The maximum absolute atomic E-state index is 11.8. The lowest BCUT2D eigenvalue weighted by Gasteiger charge is -2.13. The van der Waals surface area contributed by atoms with Gasteiger partial charge in [0.05, 0.1) is 10.1 Å². The van der Waals surface area contributed by atoms with Gasteiger partial charge in [0.1, 0.15) is 0 Å². The van der Waals surface area contributed by atoms with Crippen molar-refractivity contribution in [1.82, 2.24) is 4.31 Å². The number of nitrogens with two attached hydrogens (primary N) is 1. The van der Waals surface area contributed by atoms with Crippen LogP contribution in [0.5, 0.6) is 0 Å². The van der Waals surface area contributed by atoms with Gasteiger partial charge in [-0.15, -0.1) is 0 Å². The molecule has 6 nitrogen and oxygen atoms in total. The predicted molar refractivity (Wildman–Crippen MR) is 68.8 cm³/mol. The van der Waals surface area contributed by atoms with Crippen LogP contribution in [0.15, 0.2) is 29.2 Å². The van der Waals surface area contributed by atoms with E-state index in [1.807, 2.05) is 0 Å². The highest BCUT2D eigenvalue weighted by molar-refractivity contribution is 7.89. The van der Waals surface area contributed by atoms with Gasteiger partial charge in [-0.2, -0.15) is 0 Å². The fourth-order valence-corrected chi connectivity index (χ4v) is 2.75. The van der Waals surface area contributed by atoms with Gasteiger partial charge in [-0.3, -0.25) is 0 Å². The molecule has 0 aliphatic heterocycles. The van der Waals surface area contributed by atoms with Crippen LogP contribution < -0.4 is 5.14 Å². The van der Waals surface area contributed by atoms with Crippen LogP contribution in [0.2, 0.25) is 0 Å². The van der Waals surface area contributed by atoms with Gasteiger partial charge in [0, 0.05) is 14.1 Å². The third-order valence-corrected chi connectivity index (χ3v) is 5.71. The summed E-state index contributed by atoms with van der Waals surface area (Å²) < 4.78 is 47.0. The summed E-state index contributed by atoms with van der Waals surface area (Å²) in [5, 5.41) is 4.16. The maximum atomic E-state index is 11.8. The highest BCUT2D eigenvalue weighted by Crippen LogP contribution is 2.22. The minimum atomic E-state index is -3.68. The monoisotopic (exact) mass is 292 g/mol. The molecule has 8 heteroatoms. The van der Waals surface area contributed by atoms with Crippen LogP contribution in [-0.4, -0.2) is 35.2 Å². The van der Waals surface area contributed by atoms with Crippen molar-refractivity contribution in [3.8, 4) is 0 Å². The number of hydrogen-bond donors (Lipinski definition) is 1. The SMILES string of the molecule is CC(c1ccc(S(=O)(=O)N(C)C)cc1)S(N)(=O)=O. The first-order valence-corrected chi connectivity index (χ1v) is 8.16. The summed E-state index contributed by atoms with van der Waals surface area (Å²) in [4.78, 5) is 0.109. The quantitative estimate of drug-likeness (QED) is 0.862. The molecule has 0 saturated heterocycles. The van der Waals surface area contributed by atoms with Gasteiger partial charge in [0.15, 0.2) is 0 Å². The molecule has 0 radical (unpaired) electrons. The molecule has 2 N–H and O–H groups in total. The molecule has 1 aromatic carbocycles. The van der Waals surface area contributed by atoms with Crippen molar-refractivity contribution < 1.29 is 16.8 Å². The van der Waals surface area contributed by atoms with Crippen LogP contribution in [0.3, 0.4) is 0 Å². The molecule has 0 bridgehead atoms. The number of rotatable bonds is 4. The Morgan fingerprint density at radius 2 is 1.50 bits per heavy atom. The molecule has 1 atom stereocenters. The van der Waals surface area contributed by atoms with Crippen molar-refractivity contribution in [1.29, 1.82) is 0 Å². The van der Waals surface area contributed by atoms with Gasteiger partial charge in [-0.25, -0.2) is 26.3 Å². The summed E-state index contributed by atoms with van der Waals surface area (Å²) in [6.07, 6.45) is 0. The molecule has 0 aromatic heterocycles. The zero-order valence-electron chi connectivity index (χ0n) is 10.4. The van der Waals surface area contributed by atoms with Gasteiger partial charge >= 0.3 is 0 Å². The molecule has 0 heterocycles. The van der Waals surface area contributed by atoms with Crippen LogP contribution in [0.4, 0.5) is 0 Å². The van der Waals surface area contributed by atoms with E-state index in [0.717, 1.165) is 4.31 Å². The molecule has 0 saturated carbocycles. The van der Waals surface area contributed by atoms with Crippen LogP contribution in [0.1, 0.15) is 17.7 Å².